The fourth-order valence-electron chi connectivity index (χ4n) is 2.11. The van der Waals surface area contributed by atoms with Crippen molar-refractivity contribution >= 4 is 23.2 Å². The molecule has 0 aliphatic heterocycles. The van der Waals surface area contributed by atoms with Crippen molar-refractivity contribution in [2.24, 2.45) is 5.73 Å². The van der Waals surface area contributed by atoms with Gasteiger partial charge in [-0.05, 0) is 30.7 Å². The number of nitrogens with two attached hydrogens (primary N) is 1. The third kappa shape index (κ3) is 2.95. The summed E-state index contributed by atoms with van der Waals surface area (Å²) in [6, 6.07) is 7.02. The molecule has 0 bridgehead atoms. The van der Waals surface area contributed by atoms with Gasteiger partial charge in [-0.1, -0.05) is 29.3 Å². The Morgan fingerprint density at radius 3 is 2.53 bits per heavy atom. The molecule has 2 aromatic rings. The molecule has 2 atom stereocenters. The number of rotatable bonds is 4. The average Bonchev–Trinajstić information content (AvgIpc) is 2.80. The first-order valence-corrected chi connectivity index (χ1v) is 6.67. The lowest BCUT2D eigenvalue weighted by Crippen LogP contribution is -2.20. The normalized spacial score (nSPS) is 14.4. The van der Waals surface area contributed by atoms with E-state index in [4.69, 9.17) is 33.4 Å². The predicted octanol–water partition coefficient (Wildman–Crippen LogP) is 3.67. The minimum Gasteiger partial charge on any atom is -0.469 e. The molecule has 0 radical (unpaired) electrons. The summed E-state index contributed by atoms with van der Waals surface area (Å²) < 4.78 is 5.21. The summed E-state index contributed by atoms with van der Waals surface area (Å²) in [5.74, 6) is 0.428. The van der Waals surface area contributed by atoms with E-state index in [1.54, 1.807) is 31.4 Å². The molecule has 0 amide bonds. The minimum absolute atomic E-state index is 0.258. The molecule has 0 fully saturated rings. The predicted molar refractivity (Wildman–Crippen MR) is 76.7 cm³/mol. The van der Waals surface area contributed by atoms with Crippen LogP contribution < -0.4 is 5.73 Å². The van der Waals surface area contributed by atoms with Crippen LogP contribution in [0.5, 0.6) is 0 Å². The van der Waals surface area contributed by atoms with Crippen molar-refractivity contribution in [1.29, 1.82) is 0 Å². The summed E-state index contributed by atoms with van der Waals surface area (Å²) >= 11 is 11.9. The van der Waals surface area contributed by atoms with Crippen LogP contribution in [0.1, 0.15) is 28.9 Å². The first kappa shape index (κ1) is 14.4. The van der Waals surface area contributed by atoms with E-state index in [1.165, 1.54) is 0 Å². The molecule has 2 rings (SSSR count). The molecular formula is C14H15Cl2NO2. The molecule has 102 valence electrons. The number of aryl methyl sites for hydroxylation is 1. The third-order valence-electron chi connectivity index (χ3n) is 3.22. The Morgan fingerprint density at radius 1 is 1.26 bits per heavy atom. The van der Waals surface area contributed by atoms with E-state index in [-0.39, 0.29) is 5.92 Å². The van der Waals surface area contributed by atoms with E-state index < -0.39 is 6.10 Å². The number of halogens is 2. The zero-order chi connectivity index (χ0) is 14.0. The lowest BCUT2D eigenvalue weighted by molar-refractivity contribution is 0.145. The van der Waals surface area contributed by atoms with Crippen molar-refractivity contribution in [3.63, 3.8) is 0 Å². The van der Waals surface area contributed by atoms with Gasteiger partial charge in [0, 0.05) is 18.0 Å². The maximum absolute atomic E-state index is 10.4. The van der Waals surface area contributed by atoms with E-state index in [9.17, 15) is 5.11 Å². The molecule has 0 aliphatic carbocycles. The van der Waals surface area contributed by atoms with Gasteiger partial charge >= 0.3 is 0 Å². The van der Waals surface area contributed by atoms with Gasteiger partial charge in [0.05, 0.1) is 22.4 Å². The summed E-state index contributed by atoms with van der Waals surface area (Å²) in [5, 5.41) is 11.4. The Morgan fingerprint density at radius 2 is 2.00 bits per heavy atom. The Bertz CT molecular complexity index is 568. The molecular weight excluding hydrogens is 285 g/mol. The lowest BCUT2D eigenvalue weighted by atomic mass is 9.89. The van der Waals surface area contributed by atoms with Crippen molar-refractivity contribution in [3.8, 4) is 0 Å². The highest BCUT2D eigenvalue weighted by molar-refractivity contribution is 6.42. The average molecular weight is 300 g/mol. The molecule has 2 unspecified atom stereocenters. The van der Waals surface area contributed by atoms with Gasteiger partial charge in [0.15, 0.2) is 0 Å². The van der Waals surface area contributed by atoms with Gasteiger partial charge in [-0.3, -0.25) is 0 Å². The zero-order valence-corrected chi connectivity index (χ0v) is 11.9. The van der Waals surface area contributed by atoms with E-state index >= 15 is 0 Å². The molecule has 1 aromatic heterocycles. The highest BCUT2D eigenvalue weighted by atomic mass is 35.5. The molecule has 1 aromatic carbocycles. The van der Waals surface area contributed by atoms with Crippen LogP contribution in [0.15, 0.2) is 34.9 Å². The molecule has 3 nitrogen and oxygen atoms in total. The van der Waals surface area contributed by atoms with Gasteiger partial charge in [0.2, 0.25) is 0 Å². The first-order valence-electron chi connectivity index (χ1n) is 5.91. The van der Waals surface area contributed by atoms with Crippen molar-refractivity contribution in [1.82, 2.24) is 0 Å². The van der Waals surface area contributed by atoms with E-state index in [0.29, 0.717) is 22.4 Å². The fourth-order valence-corrected chi connectivity index (χ4v) is 2.42. The van der Waals surface area contributed by atoms with Gasteiger partial charge in [-0.2, -0.15) is 0 Å². The second-order valence-electron chi connectivity index (χ2n) is 4.39. The number of benzene rings is 1. The Balaban J connectivity index is 2.34. The highest BCUT2D eigenvalue weighted by Gasteiger charge is 2.24. The lowest BCUT2D eigenvalue weighted by Gasteiger charge is -2.22. The van der Waals surface area contributed by atoms with Gasteiger partial charge in [-0.25, -0.2) is 0 Å². The van der Waals surface area contributed by atoms with Crippen molar-refractivity contribution in [2.75, 3.05) is 6.54 Å². The number of hydrogen-bond acceptors (Lipinski definition) is 3. The topological polar surface area (TPSA) is 59.4 Å². The van der Waals surface area contributed by atoms with Crippen LogP contribution in [-0.4, -0.2) is 11.7 Å². The summed E-state index contributed by atoms with van der Waals surface area (Å²) in [6.07, 6.45) is 0.817. The molecule has 0 saturated heterocycles. The van der Waals surface area contributed by atoms with E-state index in [0.717, 1.165) is 11.1 Å². The molecule has 0 spiro atoms. The summed E-state index contributed by atoms with van der Waals surface area (Å²) in [7, 11) is 0. The van der Waals surface area contributed by atoms with Gasteiger partial charge in [0.1, 0.15) is 5.76 Å². The fraction of sp³-hybridized carbons (Fsp3) is 0.286. The van der Waals surface area contributed by atoms with E-state index in [2.05, 4.69) is 0 Å². The number of aliphatic hydroxyl groups is 1. The van der Waals surface area contributed by atoms with Crippen LogP contribution >= 0.6 is 23.2 Å². The van der Waals surface area contributed by atoms with Gasteiger partial charge in [0.25, 0.3) is 0 Å². The number of aliphatic hydroxyl groups excluding tert-OH is 1. The summed E-state index contributed by atoms with van der Waals surface area (Å²) in [5.41, 5.74) is 7.37. The third-order valence-corrected chi connectivity index (χ3v) is 3.96. The van der Waals surface area contributed by atoms with Gasteiger partial charge in [-0.15, -0.1) is 0 Å². The second kappa shape index (κ2) is 5.97. The van der Waals surface area contributed by atoms with E-state index in [1.807, 2.05) is 6.07 Å². The quantitative estimate of drug-likeness (QED) is 0.905. The maximum atomic E-state index is 10.4. The standard InChI is InChI=1S/C14H15Cl2NO2/c1-8-10(4-5-19-8)14(18)11(7-17)9-2-3-12(15)13(16)6-9/h2-6,11,14,18H,7,17H2,1H3. The molecule has 0 saturated carbocycles. The first-order chi connectivity index (χ1) is 9.04. The van der Waals surface area contributed by atoms with Crippen molar-refractivity contribution in [3.05, 3.63) is 57.5 Å². The van der Waals surface area contributed by atoms with Crippen molar-refractivity contribution < 1.29 is 9.52 Å². The van der Waals surface area contributed by atoms with Gasteiger partial charge < -0.3 is 15.3 Å². The monoisotopic (exact) mass is 299 g/mol. The second-order valence-corrected chi connectivity index (χ2v) is 5.21. The van der Waals surface area contributed by atoms with Crippen LogP contribution in [0.2, 0.25) is 10.0 Å². The van der Waals surface area contributed by atoms with Crippen LogP contribution in [0, 0.1) is 6.92 Å². The largest absolute Gasteiger partial charge is 0.469 e. The van der Waals surface area contributed by atoms with Crippen LogP contribution in [0.3, 0.4) is 0 Å². The SMILES string of the molecule is Cc1occc1C(O)C(CN)c1ccc(Cl)c(Cl)c1. The maximum Gasteiger partial charge on any atom is 0.106 e. The molecule has 3 N–H and O–H groups in total. The Kier molecular flexibility index (Phi) is 4.53. The molecule has 0 aliphatic rings. The molecule has 5 heteroatoms. The van der Waals surface area contributed by atoms with Crippen LogP contribution in [0.4, 0.5) is 0 Å². The number of furan rings is 1. The van der Waals surface area contributed by atoms with Crippen LogP contribution in [-0.2, 0) is 0 Å². The molecule has 19 heavy (non-hydrogen) atoms. The summed E-state index contributed by atoms with van der Waals surface area (Å²) in [6.45, 7) is 2.10. The minimum atomic E-state index is -0.735. The Hall–Kier alpha value is -1.000. The zero-order valence-electron chi connectivity index (χ0n) is 10.4. The number of hydrogen-bond donors (Lipinski definition) is 2. The smallest absolute Gasteiger partial charge is 0.106 e. The molecule has 1 heterocycles. The van der Waals surface area contributed by atoms with Crippen LogP contribution in [0.25, 0.3) is 0 Å². The summed E-state index contributed by atoms with van der Waals surface area (Å²) in [4.78, 5) is 0. The van der Waals surface area contributed by atoms with Crippen molar-refractivity contribution in [2.45, 2.75) is 18.9 Å². The Labute approximate surface area is 121 Å². The highest BCUT2D eigenvalue weighted by Crippen LogP contribution is 2.34.